The first kappa shape index (κ1) is 9.53. The van der Waals surface area contributed by atoms with Gasteiger partial charge in [-0.2, -0.15) is 9.97 Å². The lowest BCUT2D eigenvalue weighted by Crippen LogP contribution is -2.08. The van der Waals surface area contributed by atoms with Crippen molar-refractivity contribution in [2.75, 3.05) is 12.8 Å². The van der Waals surface area contributed by atoms with E-state index in [1.165, 1.54) is 7.11 Å². The van der Waals surface area contributed by atoms with E-state index in [1.807, 2.05) is 0 Å². The number of anilines is 1. The molecule has 1 heterocycles. The van der Waals surface area contributed by atoms with E-state index in [2.05, 4.69) is 14.7 Å². The van der Waals surface area contributed by atoms with Crippen LogP contribution in [0.4, 0.5) is 5.82 Å². The molecular weight excluding hydrogens is 198 g/mol. The maximum Gasteiger partial charge on any atom is 0.342 e. The van der Waals surface area contributed by atoms with Crippen molar-refractivity contribution in [3.8, 4) is 6.01 Å². The van der Waals surface area contributed by atoms with Gasteiger partial charge in [0.15, 0.2) is 5.15 Å². The number of carboxylic acids is 1. The van der Waals surface area contributed by atoms with Gasteiger partial charge in [0.25, 0.3) is 0 Å². The number of carbonyl (C=O) groups is 1. The molecule has 0 bridgehead atoms. The van der Waals surface area contributed by atoms with Gasteiger partial charge in [-0.25, -0.2) is 4.79 Å². The van der Waals surface area contributed by atoms with Crippen LogP contribution in [0, 0.1) is 0 Å². The molecule has 0 aromatic carbocycles. The van der Waals surface area contributed by atoms with Gasteiger partial charge in [-0.3, -0.25) is 0 Å². The van der Waals surface area contributed by atoms with Gasteiger partial charge < -0.3 is 15.6 Å². The third-order valence-corrected chi connectivity index (χ3v) is 1.54. The predicted molar refractivity (Wildman–Crippen MR) is 45.0 cm³/mol. The summed E-state index contributed by atoms with van der Waals surface area (Å²) < 4.78 is 4.63. The quantitative estimate of drug-likeness (QED) is 0.676. The summed E-state index contributed by atoms with van der Waals surface area (Å²) in [5.74, 6) is -1.49. The predicted octanol–water partition coefficient (Wildman–Crippen LogP) is 0.419. The van der Waals surface area contributed by atoms with E-state index in [0.29, 0.717) is 0 Å². The highest BCUT2D eigenvalue weighted by Crippen LogP contribution is 2.20. The zero-order chi connectivity index (χ0) is 10.0. The fraction of sp³-hybridized carbons (Fsp3) is 0.167. The summed E-state index contributed by atoms with van der Waals surface area (Å²) in [6.45, 7) is 0. The minimum absolute atomic E-state index is 0.0625. The maximum atomic E-state index is 10.6. The number of ether oxygens (including phenoxy) is 1. The number of hydrogen-bond acceptors (Lipinski definition) is 5. The Morgan fingerprint density at radius 2 is 2.23 bits per heavy atom. The van der Waals surface area contributed by atoms with Crippen LogP contribution in [0.2, 0.25) is 5.15 Å². The van der Waals surface area contributed by atoms with Crippen LogP contribution in [0.15, 0.2) is 0 Å². The smallest absolute Gasteiger partial charge is 0.342 e. The first-order valence-corrected chi connectivity index (χ1v) is 3.54. The average Bonchev–Trinajstić information content (AvgIpc) is 2.02. The van der Waals surface area contributed by atoms with Crippen molar-refractivity contribution in [1.29, 1.82) is 0 Å². The standard InChI is InChI=1S/C6H6ClN3O3/c1-13-6-9-3(7)2(5(11)12)4(8)10-6/h1H3,(H,11,12)(H2,8,9,10). The number of nitrogens with zero attached hydrogens (tertiary/aromatic N) is 2. The Kier molecular flexibility index (Phi) is 2.52. The molecule has 0 unspecified atom stereocenters. The van der Waals surface area contributed by atoms with Crippen LogP contribution in [-0.4, -0.2) is 28.2 Å². The van der Waals surface area contributed by atoms with Gasteiger partial charge in [-0.05, 0) is 0 Å². The van der Waals surface area contributed by atoms with Crippen molar-refractivity contribution >= 4 is 23.4 Å². The molecule has 0 atom stereocenters. The van der Waals surface area contributed by atoms with Crippen LogP contribution >= 0.6 is 11.6 Å². The van der Waals surface area contributed by atoms with Gasteiger partial charge in [-0.15, -0.1) is 0 Å². The second kappa shape index (κ2) is 3.44. The van der Waals surface area contributed by atoms with Crippen molar-refractivity contribution in [2.24, 2.45) is 0 Å². The number of aromatic nitrogens is 2. The molecule has 0 radical (unpaired) electrons. The summed E-state index contributed by atoms with van der Waals surface area (Å²) >= 11 is 5.52. The number of rotatable bonds is 2. The second-order valence-corrected chi connectivity index (χ2v) is 2.42. The minimum Gasteiger partial charge on any atom is -0.477 e. The van der Waals surface area contributed by atoms with Crippen LogP contribution in [0.3, 0.4) is 0 Å². The van der Waals surface area contributed by atoms with Gasteiger partial charge in [0.05, 0.1) is 7.11 Å². The van der Waals surface area contributed by atoms with Crippen molar-refractivity contribution in [1.82, 2.24) is 9.97 Å². The lowest BCUT2D eigenvalue weighted by molar-refractivity contribution is 0.0697. The summed E-state index contributed by atoms with van der Waals surface area (Å²) in [4.78, 5) is 17.7. The topological polar surface area (TPSA) is 98.3 Å². The first-order chi connectivity index (χ1) is 6.06. The first-order valence-electron chi connectivity index (χ1n) is 3.16. The molecule has 0 spiro atoms. The largest absolute Gasteiger partial charge is 0.477 e. The van der Waals surface area contributed by atoms with Crippen molar-refractivity contribution < 1.29 is 14.6 Å². The number of methoxy groups -OCH3 is 1. The Bertz CT molecular complexity index is 332. The number of aromatic carboxylic acids is 1. The Hall–Kier alpha value is -1.56. The highest BCUT2D eigenvalue weighted by molar-refractivity contribution is 6.32. The Morgan fingerprint density at radius 3 is 2.62 bits per heavy atom. The summed E-state index contributed by atoms with van der Waals surface area (Å²) in [7, 11) is 1.32. The number of carboxylic acid groups (broad SMARTS) is 1. The normalized spacial score (nSPS) is 9.69. The van der Waals surface area contributed by atoms with Gasteiger partial charge in [-0.1, -0.05) is 11.6 Å². The maximum absolute atomic E-state index is 10.6. The molecule has 70 valence electrons. The lowest BCUT2D eigenvalue weighted by Gasteiger charge is -2.03. The average molecular weight is 204 g/mol. The molecule has 0 saturated heterocycles. The van der Waals surface area contributed by atoms with Gasteiger partial charge >= 0.3 is 12.0 Å². The second-order valence-electron chi connectivity index (χ2n) is 2.07. The molecule has 0 aliphatic heterocycles. The molecular formula is C6H6ClN3O3. The third kappa shape index (κ3) is 1.78. The summed E-state index contributed by atoms with van der Waals surface area (Å²) in [5.41, 5.74) is 4.99. The zero-order valence-electron chi connectivity index (χ0n) is 6.61. The van der Waals surface area contributed by atoms with Crippen LogP contribution in [0.25, 0.3) is 0 Å². The molecule has 1 rings (SSSR count). The van der Waals surface area contributed by atoms with E-state index in [0.717, 1.165) is 0 Å². The summed E-state index contributed by atoms with van der Waals surface area (Å²) in [6.07, 6.45) is 0. The highest BCUT2D eigenvalue weighted by atomic mass is 35.5. The number of nitrogens with two attached hydrogens (primary N) is 1. The Balaban J connectivity index is 3.31. The molecule has 1 aromatic rings. The van der Waals surface area contributed by atoms with Crippen LogP contribution in [0.5, 0.6) is 6.01 Å². The molecule has 1 aromatic heterocycles. The monoisotopic (exact) mass is 203 g/mol. The van der Waals surface area contributed by atoms with E-state index < -0.39 is 5.97 Å². The fourth-order valence-electron chi connectivity index (χ4n) is 0.719. The van der Waals surface area contributed by atoms with Crippen molar-refractivity contribution in [2.45, 2.75) is 0 Å². The zero-order valence-corrected chi connectivity index (χ0v) is 7.37. The molecule has 6 nitrogen and oxygen atoms in total. The lowest BCUT2D eigenvalue weighted by atomic mass is 10.3. The van der Waals surface area contributed by atoms with E-state index in [-0.39, 0.29) is 22.5 Å². The highest BCUT2D eigenvalue weighted by Gasteiger charge is 2.17. The van der Waals surface area contributed by atoms with E-state index in [9.17, 15) is 4.79 Å². The fourth-order valence-corrected chi connectivity index (χ4v) is 0.969. The molecule has 0 saturated carbocycles. The van der Waals surface area contributed by atoms with Crippen molar-refractivity contribution in [3.05, 3.63) is 10.7 Å². The molecule has 7 heteroatoms. The molecule has 0 fully saturated rings. The van der Waals surface area contributed by atoms with Gasteiger partial charge in [0, 0.05) is 0 Å². The van der Waals surface area contributed by atoms with Crippen molar-refractivity contribution in [3.63, 3.8) is 0 Å². The van der Waals surface area contributed by atoms with Crippen LogP contribution in [-0.2, 0) is 0 Å². The summed E-state index contributed by atoms with van der Waals surface area (Å²) in [5, 5.41) is 8.39. The van der Waals surface area contributed by atoms with Crippen LogP contribution in [0.1, 0.15) is 10.4 Å². The van der Waals surface area contributed by atoms with Gasteiger partial charge in [0.2, 0.25) is 0 Å². The number of hydrogen-bond donors (Lipinski definition) is 2. The van der Waals surface area contributed by atoms with Crippen LogP contribution < -0.4 is 10.5 Å². The number of nitrogen functional groups attached to an aromatic ring is 1. The number of halogens is 1. The molecule has 3 N–H and O–H groups in total. The molecule has 0 amide bonds. The molecule has 0 aliphatic carbocycles. The Labute approximate surface area is 78.3 Å². The summed E-state index contributed by atoms with van der Waals surface area (Å²) in [6, 6.07) is -0.0625. The Morgan fingerprint density at radius 1 is 1.62 bits per heavy atom. The SMILES string of the molecule is COc1nc(N)c(C(=O)O)c(Cl)n1. The van der Waals surface area contributed by atoms with E-state index >= 15 is 0 Å². The minimum atomic E-state index is -1.27. The van der Waals surface area contributed by atoms with Gasteiger partial charge in [0.1, 0.15) is 11.4 Å². The van der Waals surface area contributed by atoms with E-state index in [1.54, 1.807) is 0 Å². The third-order valence-electron chi connectivity index (χ3n) is 1.27. The van der Waals surface area contributed by atoms with E-state index in [4.69, 9.17) is 22.4 Å². The molecule has 0 aliphatic rings. The molecule has 13 heavy (non-hydrogen) atoms.